The number of carbonyl (C=O) groups is 3. The van der Waals surface area contributed by atoms with Crippen LogP contribution in [0.5, 0.6) is 0 Å². The van der Waals surface area contributed by atoms with Crippen molar-refractivity contribution in [1.29, 1.82) is 0 Å². The van der Waals surface area contributed by atoms with Crippen molar-refractivity contribution in [2.24, 2.45) is 0 Å². The van der Waals surface area contributed by atoms with Crippen molar-refractivity contribution < 1.29 is 18.8 Å². The molecule has 0 radical (unpaired) electrons. The molecule has 0 unspecified atom stereocenters. The molecule has 3 rings (SSSR count). The molecule has 1 aliphatic heterocycles. The van der Waals surface area contributed by atoms with Crippen LogP contribution in [0.4, 0.5) is 4.79 Å². The molecule has 2 heterocycles. The summed E-state index contributed by atoms with van der Waals surface area (Å²) in [5.41, 5.74) is 1.93. The molecule has 122 valence electrons. The van der Waals surface area contributed by atoms with Crippen molar-refractivity contribution in [2.75, 3.05) is 14.1 Å². The predicted octanol–water partition coefficient (Wildman–Crippen LogP) is 2.69. The van der Waals surface area contributed by atoms with Gasteiger partial charge in [-0.3, -0.25) is 19.4 Å². The van der Waals surface area contributed by atoms with Crippen LogP contribution in [0.3, 0.4) is 0 Å². The number of barbiturate groups is 1. The zero-order valence-corrected chi connectivity index (χ0v) is 13.6. The Morgan fingerprint density at radius 2 is 1.46 bits per heavy atom. The van der Waals surface area contributed by atoms with Crippen LogP contribution in [0.2, 0.25) is 0 Å². The normalized spacial score (nSPS) is 15.3. The number of nitrogens with zero attached hydrogens (tertiary/aromatic N) is 2. The van der Waals surface area contributed by atoms with Crippen LogP contribution in [0.1, 0.15) is 11.3 Å². The summed E-state index contributed by atoms with van der Waals surface area (Å²) in [6.45, 7) is 2.00. The largest absolute Gasteiger partial charge is 0.457 e. The van der Waals surface area contributed by atoms with Crippen LogP contribution in [0, 0.1) is 6.92 Å². The van der Waals surface area contributed by atoms with Crippen LogP contribution >= 0.6 is 0 Å². The Labute approximate surface area is 139 Å². The van der Waals surface area contributed by atoms with Gasteiger partial charge in [0, 0.05) is 19.7 Å². The van der Waals surface area contributed by atoms with Crippen LogP contribution in [-0.2, 0) is 9.59 Å². The highest BCUT2D eigenvalue weighted by atomic mass is 16.3. The first-order valence-electron chi connectivity index (χ1n) is 7.37. The molecule has 1 fully saturated rings. The van der Waals surface area contributed by atoms with E-state index in [9.17, 15) is 14.4 Å². The van der Waals surface area contributed by atoms with E-state index in [4.69, 9.17) is 4.42 Å². The van der Waals surface area contributed by atoms with Crippen molar-refractivity contribution in [3.05, 3.63) is 53.3 Å². The first-order chi connectivity index (χ1) is 11.4. The lowest BCUT2D eigenvalue weighted by Crippen LogP contribution is -2.52. The number of rotatable bonds is 2. The summed E-state index contributed by atoms with van der Waals surface area (Å²) in [5, 5.41) is 0. The lowest BCUT2D eigenvalue weighted by Gasteiger charge is -2.28. The smallest absolute Gasteiger partial charge is 0.333 e. The molecule has 0 saturated carbocycles. The molecule has 6 nitrogen and oxygen atoms in total. The highest BCUT2D eigenvalue weighted by Crippen LogP contribution is 2.25. The Kier molecular flexibility index (Phi) is 3.81. The van der Waals surface area contributed by atoms with Gasteiger partial charge in [-0.2, -0.15) is 0 Å². The SMILES string of the molecule is Cc1ccc(-c2ccc(C=C3C(=O)N(C)C(=O)N(C)C3=O)o2)cc1. The minimum atomic E-state index is -0.651. The number of aryl methyl sites for hydroxylation is 1. The second-order valence-electron chi connectivity index (χ2n) is 5.64. The molecule has 1 aromatic heterocycles. The lowest BCUT2D eigenvalue weighted by atomic mass is 10.1. The van der Waals surface area contributed by atoms with E-state index < -0.39 is 17.8 Å². The standard InChI is InChI=1S/C18H16N2O4/c1-11-4-6-12(7-5-11)15-9-8-13(24-15)10-14-16(21)19(2)18(23)20(3)17(14)22/h4-10H,1-3H3. The van der Waals surface area contributed by atoms with Gasteiger partial charge in [-0.05, 0) is 25.1 Å². The summed E-state index contributed by atoms with van der Waals surface area (Å²) in [4.78, 5) is 37.8. The summed E-state index contributed by atoms with van der Waals surface area (Å²) >= 11 is 0. The number of hydrogen-bond acceptors (Lipinski definition) is 4. The van der Waals surface area contributed by atoms with Gasteiger partial charge in [0.1, 0.15) is 17.1 Å². The monoisotopic (exact) mass is 324 g/mol. The van der Waals surface area contributed by atoms with E-state index >= 15 is 0 Å². The third-order valence-electron chi connectivity index (χ3n) is 3.89. The predicted molar refractivity (Wildman–Crippen MR) is 87.8 cm³/mol. The second-order valence-corrected chi connectivity index (χ2v) is 5.64. The second kappa shape index (κ2) is 5.81. The minimum Gasteiger partial charge on any atom is -0.457 e. The Bertz CT molecular complexity index is 835. The quantitative estimate of drug-likeness (QED) is 0.629. The number of likely N-dealkylation sites (N-methyl/N-ethyl adjacent to an activating group) is 2. The lowest BCUT2D eigenvalue weighted by molar-refractivity contribution is -0.134. The zero-order chi connectivity index (χ0) is 17.4. The molecule has 1 saturated heterocycles. The fourth-order valence-electron chi connectivity index (χ4n) is 2.42. The molecule has 0 spiro atoms. The number of imide groups is 2. The van der Waals surface area contributed by atoms with E-state index in [1.54, 1.807) is 12.1 Å². The number of amides is 4. The van der Waals surface area contributed by atoms with Gasteiger partial charge in [-0.15, -0.1) is 0 Å². The van der Waals surface area contributed by atoms with E-state index in [-0.39, 0.29) is 5.57 Å². The van der Waals surface area contributed by atoms with E-state index in [0.717, 1.165) is 20.9 Å². The molecule has 0 aliphatic carbocycles. The Morgan fingerprint density at radius 1 is 0.875 bits per heavy atom. The highest BCUT2D eigenvalue weighted by molar-refractivity contribution is 6.30. The molecule has 4 amide bonds. The Balaban J connectivity index is 1.94. The summed E-state index contributed by atoms with van der Waals surface area (Å²) in [6, 6.07) is 10.6. The third-order valence-corrected chi connectivity index (χ3v) is 3.89. The topological polar surface area (TPSA) is 70.8 Å². The number of furan rings is 1. The summed E-state index contributed by atoms with van der Waals surface area (Å²) in [7, 11) is 2.67. The summed E-state index contributed by atoms with van der Waals surface area (Å²) < 4.78 is 5.70. The van der Waals surface area contributed by atoms with Gasteiger partial charge in [0.2, 0.25) is 0 Å². The van der Waals surface area contributed by atoms with Crippen molar-refractivity contribution in [3.8, 4) is 11.3 Å². The summed E-state index contributed by atoms with van der Waals surface area (Å²) in [5.74, 6) is -0.276. The zero-order valence-electron chi connectivity index (χ0n) is 13.6. The molecule has 24 heavy (non-hydrogen) atoms. The van der Waals surface area contributed by atoms with Crippen LogP contribution in [-0.4, -0.2) is 41.7 Å². The highest BCUT2D eigenvalue weighted by Gasteiger charge is 2.38. The molecule has 1 aliphatic rings. The van der Waals surface area contributed by atoms with Crippen molar-refractivity contribution in [1.82, 2.24) is 9.80 Å². The van der Waals surface area contributed by atoms with Crippen LogP contribution < -0.4 is 0 Å². The maximum atomic E-state index is 12.2. The van der Waals surface area contributed by atoms with Gasteiger partial charge in [0.05, 0.1) is 0 Å². The number of benzene rings is 1. The number of urea groups is 1. The Hall–Kier alpha value is -3.15. The summed E-state index contributed by atoms with van der Waals surface area (Å²) in [6.07, 6.45) is 1.36. The van der Waals surface area contributed by atoms with Crippen molar-refractivity contribution >= 4 is 23.9 Å². The molecule has 0 bridgehead atoms. The first-order valence-corrected chi connectivity index (χ1v) is 7.37. The molecule has 0 N–H and O–H groups in total. The minimum absolute atomic E-state index is 0.107. The van der Waals surface area contributed by atoms with Crippen molar-refractivity contribution in [2.45, 2.75) is 6.92 Å². The number of hydrogen-bond donors (Lipinski definition) is 0. The van der Waals surface area contributed by atoms with E-state index in [1.807, 2.05) is 31.2 Å². The van der Waals surface area contributed by atoms with Crippen molar-refractivity contribution in [3.63, 3.8) is 0 Å². The molecule has 0 atom stereocenters. The molecular formula is C18H16N2O4. The van der Waals surface area contributed by atoms with Gasteiger partial charge in [-0.1, -0.05) is 29.8 Å². The average Bonchev–Trinajstić information content (AvgIpc) is 3.04. The molecule has 1 aromatic carbocycles. The van der Waals surface area contributed by atoms with Crippen LogP contribution in [0.15, 0.2) is 46.4 Å². The Morgan fingerprint density at radius 3 is 2.04 bits per heavy atom. The fraction of sp³-hybridized carbons (Fsp3) is 0.167. The van der Waals surface area contributed by atoms with Gasteiger partial charge >= 0.3 is 6.03 Å². The first kappa shape index (κ1) is 15.7. The number of carbonyl (C=O) groups excluding carboxylic acids is 3. The third kappa shape index (κ3) is 2.62. The van der Waals surface area contributed by atoms with E-state index in [2.05, 4.69) is 0 Å². The maximum absolute atomic E-state index is 12.2. The van der Waals surface area contributed by atoms with Gasteiger partial charge in [0.25, 0.3) is 11.8 Å². The molecule has 2 aromatic rings. The average molecular weight is 324 g/mol. The van der Waals surface area contributed by atoms with E-state index in [1.165, 1.54) is 20.2 Å². The maximum Gasteiger partial charge on any atom is 0.333 e. The fourth-order valence-corrected chi connectivity index (χ4v) is 2.42. The van der Waals surface area contributed by atoms with Gasteiger partial charge < -0.3 is 4.42 Å². The van der Waals surface area contributed by atoms with Gasteiger partial charge in [-0.25, -0.2) is 4.79 Å². The van der Waals surface area contributed by atoms with Gasteiger partial charge in [0.15, 0.2) is 0 Å². The van der Waals surface area contributed by atoms with Crippen LogP contribution in [0.25, 0.3) is 17.4 Å². The molecule has 6 heteroatoms. The molecular weight excluding hydrogens is 308 g/mol. The van der Waals surface area contributed by atoms with E-state index in [0.29, 0.717) is 11.5 Å².